The number of hydrogen-bond donors (Lipinski definition) is 0. The van der Waals surface area contributed by atoms with Crippen molar-refractivity contribution in [2.45, 2.75) is 6.54 Å². The van der Waals surface area contributed by atoms with Crippen LogP contribution in [0.15, 0.2) is 49.1 Å². The number of piperazine rings is 1. The number of benzene rings is 2. The predicted octanol–water partition coefficient (Wildman–Crippen LogP) is 2.95. The average molecular weight is 410 g/mol. The van der Waals surface area contributed by atoms with Gasteiger partial charge in [-0.2, -0.15) is 0 Å². The van der Waals surface area contributed by atoms with Crippen molar-refractivity contribution < 1.29 is 23.7 Å². The summed E-state index contributed by atoms with van der Waals surface area (Å²) in [4.78, 5) is 17.2. The minimum Gasteiger partial charge on any atom is -0.493 e. The molecule has 0 spiro atoms. The minimum absolute atomic E-state index is 0.00583. The molecule has 2 aromatic rings. The molecule has 2 aliphatic rings. The van der Waals surface area contributed by atoms with Gasteiger partial charge in [0.15, 0.2) is 23.0 Å². The Labute approximate surface area is 176 Å². The summed E-state index contributed by atoms with van der Waals surface area (Å²) in [5.74, 6) is 2.75. The fourth-order valence-corrected chi connectivity index (χ4v) is 3.66. The standard InChI is InChI=1S/C23H26N2O5/c1-3-12-28-19-7-5-18(14-21(19)27-2)23(26)25-10-8-24(9-11-25)15-17-4-6-20-22(13-17)30-16-29-20/h3-7,13-14H,1,8-12,15-16H2,2H3. The molecular weight excluding hydrogens is 384 g/mol. The Balaban J connectivity index is 1.34. The van der Waals surface area contributed by atoms with Gasteiger partial charge >= 0.3 is 0 Å². The summed E-state index contributed by atoms with van der Waals surface area (Å²) in [5.41, 5.74) is 1.78. The van der Waals surface area contributed by atoms with Gasteiger partial charge in [0.05, 0.1) is 7.11 Å². The normalized spacial score (nSPS) is 15.7. The summed E-state index contributed by atoms with van der Waals surface area (Å²) in [6, 6.07) is 11.3. The van der Waals surface area contributed by atoms with E-state index < -0.39 is 0 Å². The van der Waals surface area contributed by atoms with E-state index in [1.54, 1.807) is 31.4 Å². The lowest BCUT2D eigenvalue weighted by Gasteiger charge is -2.35. The van der Waals surface area contributed by atoms with Crippen LogP contribution < -0.4 is 18.9 Å². The van der Waals surface area contributed by atoms with Crippen LogP contribution in [-0.4, -0.2) is 62.4 Å². The van der Waals surface area contributed by atoms with Crippen molar-refractivity contribution in [3.63, 3.8) is 0 Å². The van der Waals surface area contributed by atoms with E-state index in [2.05, 4.69) is 17.5 Å². The van der Waals surface area contributed by atoms with Crippen LogP contribution in [0, 0.1) is 0 Å². The molecule has 1 saturated heterocycles. The molecule has 2 heterocycles. The van der Waals surface area contributed by atoms with Crippen molar-refractivity contribution in [2.75, 3.05) is 46.7 Å². The molecule has 7 heteroatoms. The zero-order valence-corrected chi connectivity index (χ0v) is 17.1. The van der Waals surface area contributed by atoms with Gasteiger partial charge in [-0.25, -0.2) is 0 Å². The molecule has 0 N–H and O–H groups in total. The molecule has 1 amide bonds. The van der Waals surface area contributed by atoms with Crippen molar-refractivity contribution in [1.82, 2.24) is 9.80 Å². The Morgan fingerprint density at radius 1 is 1.07 bits per heavy atom. The van der Waals surface area contributed by atoms with Gasteiger partial charge in [0, 0.05) is 38.3 Å². The SMILES string of the molecule is C=CCOc1ccc(C(=O)N2CCN(Cc3ccc4c(c3)OCO4)CC2)cc1OC. The molecule has 0 aromatic heterocycles. The number of carbonyl (C=O) groups is 1. The molecule has 1 fully saturated rings. The van der Waals surface area contributed by atoms with Crippen LogP contribution in [0.1, 0.15) is 15.9 Å². The average Bonchev–Trinajstić information content (AvgIpc) is 3.25. The summed E-state index contributed by atoms with van der Waals surface area (Å²) in [6.07, 6.45) is 1.67. The zero-order valence-electron chi connectivity index (χ0n) is 17.1. The third-order valence-corrected chi connectivity index (χ3v) is 5.27. The van der Waals surface area contributed by atoms with Crippen LogP contribution in [0.2, 0.25) is 0 Å². The van der Waals surface area contributed by atoms with E-state index in [9.17, 15) is 4.79 Å². The smallest absolute Gasteiger partial charge is 0.254 e. The third kappa shape index (κ3) is 4.36. The summed E-state index contributed by atoms with van der Waals surface area (Å²) in [5, 5.41) is 0. The quantitative estimate of drug-likeness (QED) is 0.654. The van der Waals surface area contributed by atoms with E-state index in [-0.39, 0.29) is 12.7 Å². The first kappa shape index (κ1) is 20.1. The van der Waals surface area contributed by atoms with Crippen molar-refractivity contribution in [1.29, 1.82) is 0 Å². The molecule has 2 aliphatic heterocycles. The van der Waals surface area contributed by atoms with Gasteiger partial charge < -0.3 is 23.8 Å². The second kappa shape index (κ2) is 9.09. The zero-order chi connectivity index (χ0) is 20.9. The molecule has 0 radical (unpaired) electrons. The number of fused-ring (bicyclic) bond motifs is 1. The first-order valence-electron chi connectivity index (χ1n) is 10.00. The Bertz CT molecular complexity index is 922. The number of nitrogens with zero attached hydrogens (tertiary/aromatic N) is 2. The van der Waals surface area contributed by atoms with Gasteiger partial charge in [-0.15, -0.1) is 0 Å². The molecule has 2 aromatic carbocycles. The fourth-order valence-electron chi connectivity index (χ4n) is 3.66. The minimum atomic E-state index is 0.00583. The Morgan fingerprint density at radius 3 is 2.63 bits per heavy atom. The molecule has 30 heavy (non-hydrogen) atoms. The molecule has 4 rings (SSSR count). The van der Waals surface area contributed by atoms with E-state index in [0.717, 1.165) is 31.1 Å². The van der Waals surface area contributed by atoms with Crippen LogP contribution in [0.3, 0.4) is 0 Å². The largest absolute Gasteiger partial charge is 0.493 e. The summed E-state index contributed by atoms with van der Waals surface area (Å²) >= 11 is 0. The number of ether oxygens (including phenoxy) is 4. The lowest BCUT2D eigenvalue weighted by Crippen LogP contribution is -2.48. The Kier molecular flexibility index (Phi) is 6.09. The highest BCUT2D eigenvalue weighted by Crippen LogP contribution is 2.33. The van der Waals surface area contributed by atoms with Gasteiger partial charge in [-0.05, 0) is 35.9 Å². The van der Waals surface area contributed by atoms with Crippen LogP contribution in [0.4, 0.5) is 0 Å². The summed E-state index contributed by atoms with van der Waals surface area (Å²) in [7, 11) is 1.57. The van der Waals surface area contributed by atoms with Gasteiger partial charge in [0.1, 0.15) is 6.61 Å². The topological polar surface area (TPSA) is 60.5 Å². The van der Waals surface area contributed by atoms with Gasteiger partial charge in [-0.3, -0.25) is 9.69 Å². The lowest BCUT2D eigenvalue weighted by atomic mass is 10.1. The van der Waals surface area contributed by atoms with E-state index in [0.29, 0.717) is 36.8 Å². The summed E-state index contributed by atoms with van der Waals surface area (Å²) < 4.78 is 21.8. The van der Waals surface area contributed by atoms with Gasteiger partial charge in [0.25, 0.3) is 5.91 Å². The maximum Gasteiger partial charge on any atom is 0.254 e. The molecule has 0 unspecified atom stereocenters. The highest BCUT2D eigenvalue weighted by Gasteiger charge is 2.23. The Hall–Kier alpha value is -3.19. The van der Waals surface area contributed by atoms with Crippen LogP contribution in [0.25, 0.3) is 0 Å². The van der Waals surface area contributed by atoms with Crippen LogP contribution in [0.5, 0.6) is 23.0 Å². The second-order valence-electron chi connectivity index (χ2n) is 7.22. The van der Waals surface area contributed by atoms with E-state index in [4.69, 9.17) is 18.9 Å². The maximum atomic E-state index is 13.0. The van der Waals surface area contributed by atoms with Gasteiger partial charge in [0.2, 0.25) is 6.79 Å². The first-order chi connectivity index (χ1) is 14.7. The first-order valence-corrected chi connectivity index (χ1v) is 10.00. The fraction of sp³-hybridized carbons (Fsp3) is 0.348. The van der Waals surface area contributed by atoms with E-state index in [1.807, 2.05) is 17.0 Å². The lowest BCUT2D eigenvalue weighted by molar-refractivity contribution is 0.0628. The summed E-state index contributed by atoms with van der Waals surface area (Å²) in [6.45, 7) is 8.13. The molecule has 0 saturated carbocycles. The third-order valence-electron chi connectivity index (χ3n) is 5.27. The van der Waals surface area contributed by atoms with Crippen molar-refractivity contribution in [3.05, 3.63) is 60.2 Å². The predicted molar refractivity (Wildman–Crippen MR) is 112 cm³/mol. The molecule has 7 nitrogen and oxygen atoms in total. The van der Waals surface area contributed by atoms with Crippen molar-refractivity contribution in [3.8, 4) is 23.0 Å². The molecule has 0 atom stereocenters. The highest BCUT2D eigenvalue weighted by atomic mass is 16.7. The highest BCUT2D eigenvalue weighted by molar-refractivity contribution is 5.95. The number of hydrogen-bond acceptors (Lipinski definition) is 6. The molecular formula is C23H26N2O5. The van der Waals surface area contributed by atoms with Crippen molar-refractivity contribution in [2.24, 2.45) is 0 Å². The second-order valence-corrected chi connectivity index (χ2v) is 7.22. The van der Waals surface area contributed by atoms with Gasteiger partial charge in [-0.1, -0.05) is 18.7 Å². The number of carbonyl (C=O) groups excluding carboxylic acids is 1. The molecule has 158 valence electrons. The van der Waals surface area contributed by atoms with E-state index in [1.165, 1.54) is 5.56 Å². The number of methoxy groups -OCH3 is 1. The van der Waals surface area contributed by atoms with Crippen molar-refractivity contribution >= 4 is 5.91 Å². The molecule has 0 bridgehead atoms. The van der Waals surface area contributed by atoms with Crippen LogP contribution >= 0.6 is 0 Å². The monoisotopic (exact) mass is 410 g/mol. The van der Waals surface area contributed by atoms with Crippen LogP contribution in [-0.2, 0) is 6.54 Å². The number of rotatable bonds is 7. The maximum absolute atomic E-state index is 13.0. The number of amides is 1. The molecule has 0 aliphatic carbocycles. The van der Waals surface area contributed by atoms with E-state index >= 15 is 0 Å². The Morgan fingerprint density at radius 2 is 1.87 bits per heavy atom.